The van der Waals surface area contributed by atoms with E-state index in [1.807, 2.05) is 25.1 Å². The molecule has 0 bridgehead atoms. The number of nitrogens with two attached hydrogens (primary N) is 1. The number of aryl methyl sites for hydroxylation is 1. The highest BCUT2D eigenvalue weighted by Crippen LogP contribution is 2.17. The first-order chi connectivity index (χ1) is 8.70. The molecular formula is C14H15N3O. The summed E-state index contributed by atoms with van der Waals surface area (Å²) in [6, 6.07) is 10.7. The lowest BCUT2D eigenvalue weighted by atomic mass is 10.2. The van der Waals surface area contributed by atoms with Gasteiger partial charge in [0.1, 0.15) is 5.69 Å². The molecule has 0 radical (unpaired) electrons. The highest BCUT2D eigenvalue weighted by atomic mass is 16.1. The standard InChI is InChI=1S/C14H15N3O/c1-2-10-7-8-13(16-9-10)14(18)17-12-6-4-3-5-11(12)15/h3-9H,2,15H2,1H3,(H,17,18). The fourth-order valence-corrected chi connectivity index (χ4v) is 1.57. The third-order valence-electron chi connectivity index (χ3n) is 2.67. The Hall–Kier alpha value is -2.36. The van der Waals surface area contributed by atoms with Gasteiger partial charge in [0.25, 0.3) is 5.91 Å². The van der Waals surface area contributed by atoms with Crippen molar-refractivity contribution < 1.29 is 4.79 Å². The summed E-state index contributed by atoms with van der Waals surface area (Å²) in [6.07, 6.45) is 2.61. The molecule has 2 aromatic rings. The number of amides is 1. The first-order valence-electron chi connectivity index (χ1n) is 5.81. The summed E-state index contributed by atoms with van der Waals surface area (Å²) in [7, 11) is 0. The Morgan fingerprint density at radius 1 is 1.28 bits per heavy atom. The maximum atomic E-state index is 11.9. The van der Waals surface area contributed by atoms with Crippen molar-refractivity contribution in [2.75, 3.05) is 11.1 Å². The number of rotatable bonds is 3. The van der Waals surface area contributed by atoms with Crippen LogP contribution in [0.15, 0.2) is 42.6 Å². The van der Waals surface area contributed by atoms with Gasteiger partial charge in [0.2, 0.25) is 0 Å². The van der Waals surface area contributed by atoms with E-state index in [4.69, 9.17) is 5.73 Å². The largest absolute Gasteiger partial charge is 0.397 e. The average Bonchev–Trinajstić information content (AvgIpc) is 2.41. The van der Waals surface area contributed by atoms with Crippen LogP contribution in [0, 0.1) is 0 Å². The topological polar surface area (TPSA) is 68.0 Å². The fraction of sp³-hybridized carbons (Fsp3) is 0.143. The summed E-state index contributed by atoms with van der Waals surface area (Å²) >= 11 is 0. The Morgan fingerprint density at radius 3 is 2.67 bits per heavy atom. The number of aromatic nitrogens is 1. The summed E-state index contributed by atoms with van der Waals surface area (Å²) in [4.78, 5) is 16.1. The minimum Gasteiger partial charge on any atom is -0.397 e. The molecular weight excluding hydrogens is 226 g/mol. The molecule has 0 fully saturated rings. The second-order valence-electron chi connectivity index (χ2n) is 3.95. The maximum absolute atomic E-state index is 11.9. The smallest absolute Gasteiger partial charge is 0.274 e. The monoisotopic (exact) mass is 241 g/mol. The van der Waals surface area contributed by atoms with E-state index in [-0.39, 0.29) is 5.91 Å². The van der Waals surface area contributed by atoms with Crippen LogP contribution >= 0.6 is 0 Å². The van der Waals surface area contributed by atoms with Gasteiger partial charge >= 0.3 is 0 Å². The molecule has 0 aliphatic heterocycles. The van der Waals surface area contributed by atoms with Gasteiger partial charge in [-0.05, 0) is 30.2 Å². The third-order valence-corrected chi connectivity index (χ3v) is 2.67. The van der Waals surface area contributed by atoms with Crippen molar-refractivity contribution in [2.24, 2.45) is 0 Å². The second-order valence-corrected chi connectivity index (χ2v) is 3.95. The fourth-order valence-electron chi connectivity index (χ4n) is 1.57. The number of hydrogen-bond acceptors (Lipinski definition) is 3. The summed E-state index contributed by atoms with van der Waals surface area (Å²) in [5.41, 5.74) is 8.38. The summed E-state index contributed by atoms with van der Waals surface area (Å²) in [6.45, 7) is 2.04. The van der Waals surface area contributed by atoms with Gasteiger partial charge in [0.05, 0.1) is 11.4 Å². The Morgan fingerprint density at radius 2 is 2.06 bits per heavy atom. The van der Waals surface area contributed by atoms with Crippen LogP contribution in [0.5, 0.6) is 0 Å². The van der Waals surface area contributed by atoms with Crippen molar-refractivity contribution in [3.8, 4) is 0 Å². The van der Waals surface area contributed by atoms with Gasteiger partial charge in [-0.25, -0.2) is 0 Å². The summed E-state index contributed by atoms with van der Waals surface area (Å²) in [5, 5.41) is 2.74. The first kappa shape index (κ1) is 12.1. The number of anilines is 2. The van der Waals surface area contributed by atoms with Gasteiger partial charge in [-0.15, -0.1) is 0 Å². The zero-order chi connectivity index (χ0) is 13.0. The van der Waals surface area contributed by atoms with E-state index in [1.54, 1.807) is 24.4 Å². The summed E-state index contributed by atoms with van der Waals surface area (Å²) in [5.74, 6) is -0.254. The predicted octanol–water partition coefficient (Wildman–Crippen LogP) is 2.48. The van der Waals surface area contributed by atoms with Gasteiger partial charge in [0.15, 0.2) is 0 Å². The third kappa shape index (κ3) is 2.66. The van der Waals surface area contributed by atoms with E-state index in [9.17, 15) is 4.79 Å². The van der Waals surface area contributed by atoms with E-state index >= 15 is 0 Å². The molecule has 92 valence electrons. The average molecular weight is 241 g/mol. The maximum Gasteiger partial charge on any atom is 0.274 e. The van der Waals surface area contributed by atoms with Crippen molar-refractivity contribution in [3.05, 3.63) is 53.9 Å². The molecule has 0 unspecified atom stereocenters. The molecule has 3 N–H and O–H groups in total. The molecule has 4 nitrogen and oxygen atoms in total. The molecule has 0 atom stereocenters. The lowest BCUT2D eigenvalue weighted by Gasteiger charge is -2.07. The van der Waals surface area contributed by atoms with Crippen molar-refractivity contribution >= 4 is 17.3 Å². The molecule has 1 aromatic carbocycles. The number of para-hydroxylation sites is 2. The second kappa shape index (κ2) is 5.31. The number of pyridine rings is 1. The zero-order valence-electron chi connectivity index (χ0n) is 10.2. The van der Waals surface area contributed by atoms with Crippen LogP contribution < -0.4 is 11.1 Å². The van der Waals surface area contributed by atoms with Gasteiger partial charge in [0, 0.05) is 6.20 Å². The van der Waals surface area contributed by atoms with E-state index < -0.39 is 0 Å². The Bertz CT molecular complexity index is 549. The molecule has 4 heteroatoms. The lowest BCUT2D eigenvalue weighted by molar-refractivity contribution is 0.102. The van der Waals surface area contributed by atoms with Gasteiger partial charge in [-0.3, -0.25) is 9.78 Å². The van der Waals surface area contributed by atoms with Crippen molar-refractivity contribution in [3.63, 3.8) is 0 Å². The number of hydrogen-bond donors (Lipinski definition) is 2. The van der Waals surface area contributed by atoms with Crippen molar-refractivity contribution in [2.45, 2.75) is 13.3 Å². The van der Waals surface area contributed by atoms with E-state index in [0.717, 1.165) is 12.0 Å². The van der Waals surface area contributed by atoms with Crippen LogP contribution in [0.3, 0.4) is 0 Å². The van der Waals surface area contributed by atoms with Crippen LogP contribution in [-0.2, 0) is 6.42 Å². The van der Waals surface area contributed by atoms with Crippen LogP contribution in [0.25, 0.3) is 0 Å². The van der Waals surface area contributed by atoms with E-state index in [2.05, 4.69) is 10.3 Å². The van der Waals surface area contributed by atoms with Gasteiger partial charge < -0.3 is 11.1 Å². The molecule has 0 spiro atoms. The Labute approximate surface area is 106 Å². The van der Waals surface area contributed by atoms with Crippen molar-refractivity contribution in [1.82, 2.24) is 4.98 Å². The van der Waals surface area contributed by atoms with Gasteiger partial charge in [-0.2, -0.15) is 0 Å². The predicted molar refractivity (Wildman–Crippen MR) is 72.4 cm³/mol. The molecule has 0 saturated carbocycles. The number of carbonyl (C=O) groups is 1. The normalized spacial score (nSPS) is 10.1. The SMILES string of the molecule is CCc1ccc(C(=O)Nc2ccccc2N)nc1. The number of nitrogens with zero attached hydrogens (tertiary/aromatic N) is 1. The molecule has 0 aliphatic rings. The van der Waals surface area contributed by atoms with Crippen LogP contribution in [0.4, 0.5) is 11.4 Å². The number of carbonyl (C=O) groups excluding carboxylic acids is 1. The number of nitrogens with one attached hydrogen (secondary N) is 1. The minimum atomic E-state index is -0.254. The molecule has 1 amide bonds. The van der Waals surface area contributed by atoms with Crippen molar-refractivity contribution in [1.29, 1.82) is 0 Å². The summed E-state index contributed by atoms with van der Waals surface area (Å²) < 4.78 is 0. The minimum absolute atomic E-state index is 0.254. The van der Waals surface area contributed by atoms with E-state index in [0.29, 0.717) is 17.1 Å². The number of benzene rings is 1. The quantitative estimate of drug-likeness (QED) is 0.811. The molecule has 0 saturated heterocycles. The van der Waals surface area contributed by atoms with Crippen LogP contribution in [0.2, 0.25) is 0 Å². The zero-order valence-corrected chi connectivity index (χ0v) is 10.2. The highest BCUT2D eigenvalue weighted by Gasteiger charge is 2.08. The molecule has 0 aliphatic carbocycles. The molecule has 1 heterocycles. The molecule has 2 rings (SSSR count). The molecule has 18 heavy (non-hydrogen) atoms. The van der Waals surface area contributed by atoms with Crippen LogP contribution in [-0.4, -0.2) is 10.9 Å². The lowest BCUT2D eigenvalue weighted by Crippen LogP contribution is -2.14. The van der Waals surface area contributed by atoms with Crippen LogP contribution in [0.1, 0.15) is 23.0 Å². The van der Waals surface area contributed by atoms with Gasteiger partial charge in [-0.1, -0.05) is 25.1 Å². The first-order valence-corrected chi connectivity index (χ1v) is 5.81. The number of nitrogen functional groups attached to an aromatic ring is 1. The Balaban J connectivity index is 2.14. The highest BCUT2D eigenvalue weighted by molar-refractivity contribution is 6.04. The molecule has 1 aromatic heterocycles. The Kier molecular flexibility index (Phi) is 3.57. The van der Waals surface area contributed by atoms with E-state index in [1.165, 1.54) is 0 Å².